The Morgan fingerprint density at radius 2 is 2.14 bits per heavy atom. The lowest BCUT2D eigenvalue weighted by Crippen LogP contribution is -2.18. The van der Waals surface area contributed by atoms with Crippen molar-refractivity contribution in [2.45, 2.75) is 26.3 Å². The van der Waals surface area contributed by atoms with E-state index >= 15 is 0 Å². The van der Waals surface area contributed by atoms with Crippen LogP contribution in [0.15, 0.2) is 0 Å². The number of rotatable bonds is 4. The molecule has 0 saturated heterocycles. The van der Waals surface area contributed by atoms with E-state index in [1.165, 1.54) is 19.0 Å². The summed E-state index contributed by atoms with van der Waals surface area (Å²) in [5.74, 6) is 0. The third-order valence-corrected chi connectivity index (χ3v) is 2.06. The number of hydrogen-bond donors (Lipinski definition) is 1. The Morgan fingerprint density at radius 1 is 1.43 bits per heavy atom. The highest BCUT2D eigenvalue weighted by atomic mass is 28.2. The van der Waals surface area contributed by atoms with E-state index in [0.29, 0.717) is 0 Å². The zero-order valence-electron chi connectivity index (χ0n) is 5.33. The zero-order valence-corrected chi connectivity index (χ0v) is 6.74. The SMILES string of the molecule is CCCN[SiH2]CC. The monoisotopic (exact) mass is 117 g/mol. The molecule has 0 aliphatic rings. The van der Waals surface area contributed by atoms with Crippen LogP contribution in [0.3, 0.4) is 0 Å². The molecule has 0 bridgehead atoms. The Morgan fingerprint density at radius 3 is 2.57 bits per heavy atom. The van der Waals surface area contributed by atoms with Crippen molar-refractivity contribution in [3.05, 3.63) is 0 Å². The average molecular weight is 117 g/mol. The number of nitrogens with one attached hydrogen (secondary N) is 1. The Balaban J connectivity index is 2.45. The molecule has 0 aliphatic heterocycles. The van der Waals surface area contributed by atoms with Crippen LogP contribution in [0.25, 0.3) is 0 Å². The summed E-state index contributed by atoms with van der Waals surface area (Å²) in [5.41, 5.74) is 0. The Bertz CT molecular complexity index is 27.3. The van der Waals surface area contributed by atoms with Crippen molar-refractivity contribution < 1.29 is 0 Å². The lowest BCUT2D eigenvalue weighted by molar-refractivity contribution is 0.858. The standard InChI is InChI=1S/C5H15NSi/c1-3-5-6-7-4-2/h6H,3-5,7H2,1-2H3. The topological polar surface area (TPSA) is 12.0 Å². The van der Waals surface area contributed by atoms with Crippen LogP contribution in [-0.4, -0.2) is 16.2 Å². The summed E-state index contributed by atoms with van der Waals surface area (Å²) in [4.78, 5) is 3.42. The highest BCUT2D eigenvalue weighted by Crippen LogP contribution is 1.70. The molecule has 0 amide bonds. The third kappa shape index (κ3) is 6.18. The summed E-state index contributed by atoms with van der Waals surface area (Å²) >= 11 is 0. The molecule has 7 heavy (non-hydrogen) atoms. The molecule has 0 aromatic carbocycles. The van der Waals surface area contributed by atoms with Crippen molar-refractivity contribution in [3.63, 3.8) is 0 Å². The first kappa shape index (κ1) is 7.18. The van der Waals surface area contributed by atoms with Gasteiger partial charge in [0.05, 0.1) is 9.68 Å². The average Bonchev–Trinajstić information content (AvgIpc) is 1.69. The maximum absolute atomic E-state index is 3.42. The summed E-state index contributed by atoms with van der Waals surface area (Å²) in [7, 11) is 0.161. The van der Waals surface area contributed by atoms with E-state index in [9.17, 15) is 0 Å². The van der Waals surface area contributed by atoms with Crippen molar-refractivity contribution in [2.24, 2.45) is 0 Å². The van der Waals surface area contributed by atoms with E-state index in [2.05, 4.69) is 18.8 Å². The molecule has 1 nitrogen and oxygen atoms in total. The van der Waals surface area contributed by atoms with Crippen LogP contribution >= 0.6 is 0 Å². The minimum atomic E-state index is 0.161. The normalized spacial score (nSPS) is 11.1. The van der Waals surface area contributed by atoms with Gasteiger partial charge in [0.15, 0.2) is 0 Å². The Hall–Kier alpha value is 0.177. The molecule has 0 unspecified atom stereocenters. The fraction of sp³-hybridized carbons (Fsp3) is 1.00. The summed E-state index contributed by atoms with van der Waals surface area (Å²) in [6.45, 7) is 5.69. The van der Waals surface area contributed by atoms with Gasteiger partial charge in [0.25, 0.3) is 0 Å². The van der Waals surface area contributed by atoms with Gasteiger partial charge in [-0.1, -0.05) is 19.9 Å². The second kappa shape index (κ2) is 6.18. The molecule has 0 aromatic rings. The molecule has 1 N–H and O–H groups in total. The van der Waals surface area contributed by atoms with Gasteiger partial charge in [-0.25, -0.2) is 0 Å². The van der Waals surface area contributed by atoms with E-state index < -0.39 is 0 Å². The van der Waals surface area contributed by atoms with Gasteiger partial charge >= 0.3 is 0 Å². The van der Waals surface area contributed by atoms with Crippen molar-refractivity contribution in [1.82, 2.24) is 4.98 Å². The third-order valence-electron chi connectivity index (χ3n) is 0.854. The molecular weight excluding hydrogens is 102 g/mol. The first-order valence-corrected chi connectivity index (χ1v) is 4.83. The van der Waals surface area contributed by atoms with Gasteiger partial charge in [0, 0.05) is 0 Å². The first-order chi connectivity index (χ1) is 3.41. The quantitative estimate of drug-likeness (QED) is 0.418. The second-order valence-electron chi connectivity index (χ2n) is 1.75. The van der Waals surface area contributed by atoms with Crippen LogP contribution < -0.4 is 4.98 Å². The molecule has 0 fully saturated rings. The zero-order chi connectivity index (χ0) is 5.54. The van der Waals surface area contributed by atoms with Gasteiger partial charge < -0.3 is 4.98 Å². The van der Waals surface area contributed by atoms with Gasteiger partial charge in [-0.15, -0.1) is 0 Å². The smallest absolute Gasteiger partial charge is 0.0913 e. The van der Waals surface area contributed by atoms with Crippen LogP contribution in [0.2, 0.25) is 6.04 Å². The van der Waals surface area contributed by atoms with Crippen LogP contribution in [0.4, 0.5) is 0 Å². The fourth-order valence-corrected chi connectivity index (χ4v) is 1.44. The lowest BCUT2D eigenvalue weighted by Gasteiger charge is -1.94. The van der Waals surface area contributed by atoms with Gasteiger partial charge in [-0.05, 0) is 13.0 Å². The summed E-state index contributed by atoms with van der Waals surface area (Å²) in [6.07, 6.45) is 1.28. The molecule has 44 valence electrons. The molecular formula is C5H15NSi. The molecule has 0 aromatic heterocycles. The predicted octanol–water partition coefficient (Wildman–Crippen LogP) is 0.508. The molecule has 0 spiro atoms. The van der Waals surface area contributed by atoms with Crippen molar-refractivity contribution in [1.29, 1.82) is 0 Å². The van der Waals surface area contributed by atoms with Gasteiger partial charge in [0.1, 0.15) is 0 Å². The predicted molar refractivity (Wildman–Crippen MR) is 37.3 cm³/mol. The van der Waals surface area contributed by atoms with E-state index in [0.717, 1.165) is 0 Å². The highest BCUT2D eigenvalue weighted by molar-refractivity contribution is 6.31. The van der Waals surface area contributed by atoms with E-state index in [1.54, 1.807) is 0 Å². The minimum Gasteiger partial charge on any atom is -0.342 e. The Kier molecular flexibility index (Phi) is 6.33. The van der Waals surface area contributed by atoms with Crippen molar-refractivity contribution in [2.75, 3.05) is 6.54 Å². The molecule has 0 heterocycles. The van der Waals surface area contributed by atoms with E-state index in [1.807, 2.05) is 0 Å². The maximum atomic E-state index is 3.42. The largest absolute Gasteiger partial charge is 0.342 e. The lowest BCUT2D eigenvalue weighted by atomic mass is 10.5. The summed E-state index contributed by atoms with van der Waals surface area (Å²) < 4.78 is 0. The summed E-state index contributed by atoms with van der Waals surface area (Å²) in [6, 6.07) is 1.39. The van der Waals surface area contributed by atoms with Crippen LogP contribution in [0.1, 0.15) is 20.3 Å². The molecule has 0 atom stereocenters. The maximum Gasteiger partial charge on any atom is 0.0913 e. The highest BCUT2D eigenvalue weighted by Gasteiger charge is 1.78. The molecule has 0 radical (unpaired) electrons. The van der Waals surface area contributed by atoms with Gasteiger partial charge in [0.2, 0.25) is 0 Å². The van der Waals surface area contributed by atoms with Gasteiger partial charge in [-0.2, -0.15) is 0 Å². The van der Waals surface area contributed by atoms with Crippen molar-refractivity contribution in [3.8, 4) is 0 Å². The molecule has 0 aliphatic carbocycles. The van der Waals surface area contributed by atoms with Crippen LogP contribution in [0.5, 0.6) is 0 Å². The summed E-state index contributed by atoms with van der Waals surface area (Å²) in [5, 5.41) is 0. The second-order valence-corrected chi connectivity index (χ2v) is 3.75. The van der Waals surface area contributed by atoms with Crippen LogP contribution in [0, 0.1) is 0 Å². The minimum absolute atomic E-state index is 0.161. The van der Waals surface area contributed by atoms with E-state index in [-0.39, 0.29) is 9.68 Å². The van der Waals surface area contributed by atoms with Crippen molar-refractivity contribution >= 4 is 9.68 Å². The molecule has 2 heteroatoms. The fourth-order valence-electron chi connectivity index (χ4n) is 0.479. The van der Waals surface area contributed by atoms with E-state index in [4.69, 9.17) is 0 Å². The van der Waals surface area contributed by atoms with Crippen LogP contribution in [-0.2, 0) is 0 Å². The first-order valence-electron chi connectivity index (χ1n) is 3.12. The molecule has 0 rings (SSSR count). The number of hydrogen-bond acceptors (Lipinski definition) is 1. The molecule has 0 saturated carbocycles. The van der Waals surface area contributed by atoms with Gasteiger partial charge in [-0.3, -0.25) is 0 Å². The Labute approximate surface area is 48.4 Å².